The zero-order chi connectivity index (χ0) is 23.8. The lowest BCUT2D eigenvalue weighted by atomic mass is 9.87. The number of ether oxygens (including phenoxy) is 2. The highest BCUT2D eigenvalue weighted by molar-refractivity contribution is 5.92. The van der Waals surface area contributed by atoms with Crippen LogP contribution in [0.5, 0.6) is 5.88 Å². The lowest BCUT2D eigenvalue weighted by Gasteiger charge is -2.38. The first-order chi connectivity index (χ1) is 15.2. The van der Waals surface area contributed by atoms with Gasteiger partial charge >= 0.3 is 5.97 Å². The van der Waals surface area contributed by atoms with Crippen LogP contribution in [0.1, 0.15) is 47.0 Å². The Bertz CT molecular complexity index is 868. The van der Waals surface area contributed by atoms with E-state index in [1.807, 2.05) is 13.8 Å². The van der Waals surface area contributed by atoms with Crippen LogP contribution in [0.3, 0.4) is 0 Å². The van der Waals surface area contributed by atoms with Crippen LogP contribution in [0.4, 0.5) is 11.5 Å². The predicted molar refractivity (Wildman–Crippen MR) is 120 cm³/mol. The molecule has 4 N–H and O–H groups in total. The number of rotatable bonds is 10. The number of methoxy groups -OCH3 is 1. The molecular formula is C22H32N4O6. The van der Waals surface area contributed by atoms with Gasteiger partial charge in [0, 0.05) is 31.9 Å². The fourth-order valence-corrected chi connectivity index (χ4v) is 3.64. The predicted octanol–water partition coefficient (Wildman–Crippen LogP) is 2.32. The van der Waals surface area contributed by atoms with Crippen LogP contribution in [0, 0.1) is 0 Å². The minimum atomic E-state index is -1.06. The number of amides is 2. The number of aromatic nitrogens is 1. The van der Waals surface area contributed by atoms with Crippen molar-refractivity contribution in [2.75, 3.05) is 17.7 Å². The van der Waals surface area contributed by atoms with Gasteiger partial charge in [-0.3, -0.25) is 9.59 Å². The number of carbonyl (C=O) groups excluding carboxylic acids is 2. The summed E-state index contributed by atoms with van der Waals surface area (Å²) in [6, 6.07) is 2.11. The molecule has 2 rings (SSSR count). The largest absolute Gasteiger partial charge is 0.481 e. The maximum absolute atomic E-state index is 12.0. The number of hydrogen-bond donors (Lipinski definition) is 4. The van der Waals surface area contributed by atoms with E-state index in [1.54, 1.807) is 18.2 Å². The van der Waals surface area contributed by atoms with Gasteiger partial charge in [0.2, 0.25) is 17.7 Å². The highest BCUT2D eigenvalue weighted by atomic mass is 16.5. The van der Waals surface area contributed by atoms with E-state index in [9.17, 15) is 19.5 Å². The first-order valence-electron chi connectivity index (χ1n) is 10.6. The van der Waals surface area contributed by atoms with Crippen molar-refractivity contribution in [1.82, 2.24) is 10.3 Å². The van der Waals surface area contributed by atoms with Crippen LogP contribution in [0.2, 0.25) is 0 Å². The van der Waals surface area contributed by atoms with Gasteiger partial charge in [-0.2, -0.15) is 4.98 Å². The molecule has 0 aromatic carbocycles. The minimum absolute atomic E-state index is 0.0915. The molecule has 2 amide bonds. The van der Waals surface area contributed by atoms with Crippen molar-refractivity contribution in [3.8, 4) is 5.88 Å². The van der Waals surface area contributed by atoms with Crippen LogP contribution in [0.25, 0.3) is 0 Å². The molecule has 10 nitrogen and oxygen atoms in total. The van der Waals surface area contributed by atoms with Crippen LogP contribution in [0.15, 0.2) is 23.8 Å². The fraction of sp³-hybridized carbons (Fsp3) is 0.545. The van der Waals surface area contributed by atoms with Crippen molar-refractivity contribution in [2.24, 2.45) is 0 Å². The fourth-order valence-electron chi connectivity index (χ4n) is 3.64. The molecule has 32 heavy (non-hydrogen) atoms. The molecule has 0 aliphatic heterocycles. The van der Waals surface area contributed by atoms with Crippen LogP contribution in [-0.4, -0.2) is 59.3 Å². The standard InChI is InChI=1S/C22H32N4O6/c1-6-15(7-2)32-18-11-14(22(29)30)10-17(20(18)24-13(4)28)25-21-16(23-12(3)27)8-9-19(26-21)31-5/h8-9,11,15,17-18,20H,6-7,10H2,1-5H3,(H,23,27)(H,24,28)(H,25,26)(H,29,30)/t17-,18+,20+/m0/s1. The van der Waals surface area contributed by atoms with Crippen molar-refractivity contribution in [3.63, 3.8) is 0 Å². The van der Waals surface area contributed by atoms with Crippen molar-refractivity contribution in [1.29, 1.82) is 0 Å². The number of anilines is 2. The van der Waals surface area contributed by atoms with Crippen molar-refractivity contribution in [3.05, 3.63) is 23.8 Å². The molecule has 0 saturated heterocycles. The number of nitrogens with zero attached hydrogens (tertiary/aromatic N) is 1. The van der Waals surface area contributed by atoms with Gasteiger partial charge in [0.05, 0.1) is 37.1 Å². The number of pyridine rings is 1. The Balaban J connectivity index is 2.47. The molecule has 1 aliphatic rings. The van der Waals surface area contributed by atoms with Crippen molar-refractivity contribution >= 4 is 29.3 Å². The first-order valence-corrected chi connectivity index (χ1v) is 10.6. The molecule has 3 atom stereocenters. The Morgan fingerprint density at radius 1 is 1.19 bits per heavy atom. The smallest absolute Gasteiger partial charge is 0.331 e. The molecule has 0 unspecified atom stereocenters. The van der Waals surface area contributed by atoms with E-state index in [0.717, 1.165) is 12.8 Å². The van der Waals surface area contributed by atoms with Gasteiger partial charge in [-0.05, 0) is 25.0 Å². The maximum Gasteiger partial charge on any atom is 0.331 e. The molecule has 1 aliphatic carbocycles. The Morgan fingerprint density at radius 3 is 2.41 bits per heavy atom. The number of nitrogens with one attached hydrogen (secondary N) is 3. The molecule has 10 heteroatoms. The summed E-state index contributed by atoms with van der Waals surface area (Å²) in [5.74, 6) is -1.01. The summed E-state index contributed by atoms with van der Waals surface area (Å²) < 4.78 is 11.4. The maximum atomic E-state index is 12.0. The molecule has 0 saturated carbocycles. The summed E-state index contributed by atoms with van der Waals surface area (Å²) in [7, 11) is 1.47. The lowest BCUT2D eigenvalue weighted by molar-refractivity contribution is -0.133. The van der Waals surface area contributed by atoms with Gasteiger partial charge in [-0.25, -0.2) is 4.79 Å². The van der Waals surface area contributed by atoms with Crippen LogP contribution in [-0.2, 0) is 19.1 Å². The number of carboxylic acids is 1. The monoisotopic (exact) mass is 448 g/mol. The van der Waals surface area contributed by atoms with E-state index < -0.39 is 24.2 Å². The Hall–Kier alpha value is -3.14. The highest BCUT2D eigenvalue weighted by Gasteiger charge is 2.38. The summed E-state index contributed by atoms with van der Waals surface area (Å²) in [6.07, 6.45) is 2.42. The van der Waals surface area contributed by atoms with Crippen LogP contribution < -0.4 is 20.7 Å². The number of aliphatic carboxylic acids is 1. The molecule has 1 heterocycles. The first kappa shape index (κ1) is 25.1. The third-order valence-electron chi connectivity index (χ3n) is 5.21. The van der Waals surface area contributed by atoms with Gasteiger partial charge < -0.3 is 30.5 Å². The van der Waals surface area contributed by atoms with E-state index >= 15 is 0 Å². The second kappa shape index (κ2) is 11.5. The van der Waals surface area contributed by atoms with Crippen molar-refractivity contribution < 1.29 is 29.0 Å². The summed E-state index contributed by atoms with van der Waals surface area (Å²) in [5.41, 5.74) is 0.577. The summed E-state index contributed by atoms with van der Waals surface area (Å²) >= 11 is 0. The molecular weight excluding hydrogens is 416 g/mol. The normalized spacial score (nSPS) is 20.3. The summed E-state index contributed by atoms with van der Waals surface area (Å²) in [6.45, 7) is 6.75. The number of carbonyl (C=O) groups is 3. The Kier molecular flexibility index (Phi) is 9.01. The van der Waals surface area contributed by atoms with Gasteiger partial charge in [0.1, 0.15) is 0 Å². The van der Waals surface area contributed by atoms with E-state index in [0.29, 0.717) is 17.4 Å². The molecule has 1 aromatic heterocycles. The number of carboxylic acid groups (broad SMARTS) is 1. The highest BCUT2D eigenvalue weighted by Crippen LogP contribution is 2.30. The molecule has 0 bridgehead atoms. The van der Waals surface area contributed by atoms with E-state index in [-0.39, 0.29) is 29.9 Å². The average Bonchev–Trinajstić information content (AvgIpc) is 2.74. The SMILES string of the molecule is CCC(CC)O[C@@H]1C=C(C(=O)O)C[C@H](Nc2nc(OC)ccc2NC(C)=O)[C@H]1NC(C)=O. The van der Waals surface area contributed by atoms with Gasteiger partial charge in [0.25, 0.3) is 0 Å². The zero-order valence-electron chi connectivity index (χ0n) is 19.1. The van der Waals surface area contributed by atoms with Gasteiger partial charge in [-0.15, -0.1) is 0 Å². The topological polar surface area (TPSA) is 139 Å². The van der Waals surface area contributed by atoms with E-state index in [2.05, 4.69) is 20.9 Å². The second-order valence-electron chi connectivity index (χ2n) is 7.65. The summed E-state index contributed by atoms with van der Waals surface area (Å²) in [4.78, 5) is 39.8. The number of hydrogen-bond acceptors (Lipinski definition) is 7. The Labute approximate surface area is 187 Å². The molecule has 0 spiro atoms. The van der Waals surface area contributed by atoms with Crippen molar-refractivity contribution in [2.45, 2.75) is 71.2 Å². The van der Waals surface area contributed by atoms with Crippen LogP contribution >= 0.6 is 0 Å². The average molecular weight is 449 g/mol. The van der Waals surface area contributed by atoms with E-state index in [4.69, 9.17) is 9.47 Å². The van der Waals surface area contributed by atoms with E-state index in [1.165, 1.54) is 21.0 Å². The minimum Gasteiger partial charge on any atom is -0.481 e. The van der Waals surface area contributed by atoms with Gasteiger partial charge in [0.15, 0.2) is 5.82 Å². The quantitative estimate of drug-likeness (QED) is 0.428. The zero-order valence-corrected chi connectivity index (χ0v) is 19.1. The summed E-state index contributed by atoms with van der Waals surface area (Å²) in [5, 5.41) is 18.5. The molecule has 1 aromatic rings. The molecule has 0 radical (unpaired) electrons. The molecule has 0 fully saturated rings. The third kappa shape index (κ3) is 6.68. The van der Waals surface area contributed by atoms with Gasteiger partial charge in [-0.1, -0.05) is 13.8 Å². The third-order valence-corrected chi connectivity index (χ3v) is 5.21. The molecule has 176 valence electrons. The Morgan fingerprint density at radius 2 is 1.88 bits per heavy atom. The lowest BCUT2D eigenvalue weighted by Crippen LogP contribution is -2.56. The second-order valence-corrected chi connectivity index (χ2v) is 7.65.